The summed E-state index contributed by atoms with van der Waals surface area (Å²) in [5.41, 5.74) is 11.8. The van der Waals surface area contributed by atoms with Crippen LogP contribution >= 0.6 is 0 Å². The van der Waals surface area contributed by atoms with E-state index in [1.165, 1.54) is 38.0 Å². The van der Waals surface area contributed by atoms with Crippen molar-refractivity contribution in [3.05, 3.63) is 59.1 Å². The van der Waals surface area contributed by atoms with Crippen molar-refractivity contribution >= 4 is 5.71 Å². The molecule has 0 radical (unpaired) electrons. The van der Waals surface area contributed by atoms with Gasteiger partial charge >= 0.3 is 0 Å². The van der Waals surface area contributed by atoms with Gasteiger partial charge in [-0.3, -0.25) is 9.89 Å². The van der Waals surface area contributed by atoms with E-state index < -0.39 is 0 Å². The average Bonchev–Trinajstić information content (AvgIpc) is 2.85. The van der Waals surface area contributed by atoms with Crippen molar-refractivity contribution in [1.82, 2.24) is 14.9 Å². The van der Waals surface area contributed by atoms with Crippen LogP contribution in [-0.4, -0.2) is 46.8 Å². The van der Waals surface area contributed by atoms with Gasteiger partial charge in [-0.15, -0.1) is 0 Å². The van der Waals surface area contributed by atoms with Gasteiger partial charge < -0.3 is 5.73 Å². The average molecular weight is 473 g/mol. The van der Waals surface area contributed by atoms with Crippen molar-refractivity contribution in [1.29, 1.82) is 5.26 Å². The molecule has 1 aliphatic heterocycles. The fraction of sp³-hybridized carbons (Fsp3) is 0.517. The minimum absolute atomic E-state index is 0.437. The van der Waals surface area contributed by atoms with Gasteiger partial charge in [-0.1, -0.05) is 19.4 Å². The van der Waals surface area contributed by atoms with Gasteiger partial charge in [0.25, 0.3) is 0 Å². The number of allylic oxidation sites excluding steroid dienone is 1. The number of nitrogens with two attached hydrogens (primary N) is 1. The van der Waals surface area contributed by atoms with E-state index in [0.717, 1.165) is 54.6 Å². The molecule has 2 heterocycles. The van der Waals surface area contributed by atoms with Crippen LogP contribution in [0.3, 0.4) is 0 Å². The maximum absolute atomic E-state index is 9.42. The maximum atomic E-state index is 9.42. The number of hydrogen-bond acceptors (Lipinski definition) is 6. The number of likely N-dealkylation sites (tertiary alicyclic amines) is 1. The molecule has 186 valence electrons. The Morgan fingerprint density at radius 1 is 1.17 bits per heavy atom. The van der Waals surface area contributed by atoms with Crippen LogP contribution in [0.15, 0.2) is 47.4 Å². The Kier molecular flexibility index (Phi) is 10.6. The Bertz CT molecular complexity index is 1040. The van der Waals surface area contributed by atoms with E-state index in [1.54, 1.807) is 0 Å². The summed E-state index contributed by atoms with van der Waals surface area (Å²) in [6.07, 6.45) is 13.7. The molecule has 6 nitrogen and oxygen atoms in total. The second kappa shape index (κ2) is 13.9. The summed E-state index contributed by atoms with van der Waals surface area (Å²) in [6.45, 7) is 10.3. The highest BCUT2D eigenvalue weighted by atomic mass is 15.1. The monoisotopic (exact) mass is 472 g/mol. The zero-order chi connectivity index (χ0) is 25.0. The van der Waals surface area contributed by atoms with Crippen LogP contribution in [0.2, 0.25) is 0 Å². The molecular formula is C29H40N6. The van der Waals surface area contributed by atoms with E-state index in [1.807, 2.05) is 30.6 Å². The van der Waals surface area contributed by atoms with Crippen molar-refractivity contribution in [3.8, 4) is 17.5 Å². The van der Waals surface area contributed by atoms with E-state index in [2.05, 4.69) is 47.8 Å². The topological polar surface area (TPSA) is 91.2 Å². The highest BCUT2D eigenvalue weighted by Crippen LogP contribution is 2.25. The third-order valence-corrected chi connectivity index (χ3v) is 6.40. The van der Waals surface area contributed by atoms with Gasteiger partial charge in [-0.05, 0) is 107 Å². The zero-order valence-electron chi connectivity index (χ0n) is 21.6. The lowest BCUT2D eigenvalue weighted by molar-refractivity contribution is 0.245. The second-order valence-electron chi connectivity index (χ2n) is 9.86. The summed E-state index contributed by atoms with van der Waals surface area (Å²) < 4.78 is 0. The van der Waals surface area contributed by atoms with Crippen molar-refractivity contribution in [2.75, 3.05) is 26.2 Å². The van der Waals surface area contributed by atoms with Crippen molar-refractivity contribution in [2.45, 2.75) is 65.7 Å². The molecular weight excluding hydrogens is 432 g/mol. The van der Waals surface area contributed by atoms with Crippen molar-refractivity contribution < 1.29 is 0 Å². The van der Waals surface area contributed by atoms with Crippen LogP contribution in [0, 0.1) is 17.2 Å². The molecule has 0 amide bonds. The highest BCUT2D eigenvalue weighted by molar-refractivity contribution is 5.80. The molecule has 1 saturated heterocycles. The molecule has 6 heteroatoms. The van der Waals surface area contributed by atoms with Crippen LogP contribution in [-0.2, 0) is 12.8 Å². The summed E-state index contributed by atoms with van der Waals surface area (Å²) >= 11 is 0. The minimum atomic E-state index is 0.437. The van der Waals surface area contributed by atoms with Crippen LogP contribution < -0.4 is 5.73 Å². The van der Waals surface area contributed by atoms with Gasteiger partial charge in [0, 0.05) is 30.2 Å². The number of nitrogens with zero attached hydrogens (tertiary/aromatic N) is 5. The Balaban J connectivity index is 1.67. The summed E-state index contributed by atoms with van der Waals surface area (Å²) in [4.78, 5) is 16.5. The van der Waals surface area contributed by atoms with E-state index in [-0.39, 0.29) is 0 Å². The molecule has 0 bridgehead atoms. The van der Waals surface area contributed by atoms with Crippen LogP contribution in [0.5, 0.6) is 0 Å². The first-order valence-corrected chi connectivity index (χ1v) is 13.0. The molecule has 1 aromatic heterocycles. The summed E-state index contributed by atoms with van der Waals surface area (Å²) in [7, 11) is 0. The second-order valence-corrected chi connectivity index (χ2v) is 9.86. The SMILES string of the molecule is CC(C)=N/C(=C\C(C)CCCc1cc(C#N)ccc1-c1ncc(CCN)cn1)CN1CCCCC1. The Morgan fingerprint density at radius 3 is 2.57 bits per heavy atom. The molecule has 3 rings (SSSR count). The van der Waals surface area contributed by atoms with Gasteiger partial charge in [0.1, 0.15) is 0 Å². The standard InChI is InChI=1S/C29H40N6/c1-22(2)34-27(21-35-14-5-4-6-15-35)16-23(3)8-7-9-26-17-24(18-31)10-11-28(26)29-32-19-25(12-13-30)20-33-29/h10-11,16-17,19-20,23H,4-9,12-15,21,30H2,1-3H3/b27-16-. The molecule has 1 aromatic carbocycles. The quantitative estimate of drug-likeness (QED) is 0.447. The molecule has 0 spiro atoms. The zero-order valence-corrected chi connectivity index (χ0v) is 21.6. The van der Waals surface area contributed by atoms with E-state index >= 15 is 0 Å². The highest BCUT2D eigenvalue weighted by Gasteiger charge is 2.13. The first-order chi connectivity index (χ1) is 17.0. The van der Waals surface area contributed by atoms with Gasteiger partial charge in [-0.25, -0.2) is 9.97 Å². The van der Waals surface area contributed by atoms with Gasteiger partial charge in [0.15, 0.2) is 5.82 Å². The summed E-state index contributed by atoms with van der Waals surface area (Å²) in [6, 6.07) is 8.08. The number of aliphatic imine (C=N–C) groups is 1. The number of hydrogen-bond donors (Lipinski definition) is 1. The lowest BCUT2D eigenvalue weighted by Crippen LogP contribution is -2.31. The van der Waals surface area contributed by atoms with Gasteiger partial charge in [-0.2, -0.15) is 5.26 Å². The Morgan fingerprint density at radius 2 is 1.91 bits per heavy atom. The molecule has 1 atom stereocenters. The molecule has 35 heavy (non-hydrogen) atoms. The van der Waals surface area contributed by atoms with E-state index in [4.69, 9.17) is 10.7 Å². The molecule has 0 aliphatic carbocycles. The molecule has 2 N–H and O–H groups in total. The Labute approximate surface area is 211 Å². The number of benzene rings is 1. The fourth-order valence-electron chi connectivity index (χ4n) is 4.66. The normalized spacial score (nSPS) is 15.5. The first-order valence-electron chi connectivity index (χ1n) is 13.0. The molecule has 2 aromatic rings. The van der Waals surface area contributed by atoms with Gasteiger partial charge in [0.05, 0.1) is 17.3 Å². The molecule has 0 saturated carbocycles. The van der Waals surface area contributed by atoms with Crippen molar-refractivity contribution in [3.63, 3.8) is 0 Å². The lowest BCUT2D eigenvalue weighted by Gasteiger charge is -2.26. The minimum Gasteiger partial charge on any atom is -0.330 e. The number of rotatable bonds is 11. The molecule has 1 fully saturated rings. The predicted octanol–water partition coefficient (Wildman–Crippen LogP) is 5.33. The third kappa shape index (κ3) is 8.69. The van der Waals surface area contributed by atoms with Gasteiger partial charge in [0.2, 0.25) is 0 Å². The number of aryl methyl sites for hydroxylation is 1. The van der Waals surface area contributed by atoms with Crippen LogP contribution in [0.25, 0.3) is 11.4 Å². The van der Waals surface area contributed by atoms with Crippen LogP contribution in [0.1, 0.15) is 69.6 Å². The fourth-order valence-corrected chi connectivity index (χ4v) is 4.66. The smallest absolute Gasteiger partial charge is 0.159 e. The lowest BCUT2D eigenvalue weighted by atomic mass is 9.95. The molecule has 1 aliphatic rings. The summed E-state index contributed by atoms with van der Waals surface area (Å²) in [5, 5.41) is 9.42. The Hall–Kier alpha value is -2.88. The first kappa shape index (κ1) is 26.7. The summed E-state index contributed by atoms with van der Waals surface area (Å²) in [5.74, 6) is 1.14. The molecule has 1 unspecified atom stereocenters. The van der Waals surface area contributed by atoms with Crippen LogP contribution in [0.4, 0.5) is 0 Å². The largest absolute Gasteiger partial charge is 0.330 e. The van der Waals surface area contributed by atoms with E-state index in [0.29, 0.717) is 23.9 Å². The third-order valence-electron chi connectivity index (χ3n) is 6.40. The number of piperidine rings is 1. The van der Waals surface area contributed by atoms with Crippen molar-refractivity contribution in [2.24, 2.45) is 16.6 Å². The number of aromatic nitrogens is 2. The maximum Gasteiger partial charge on any atom is 0.159 e. The predicted molar refractivity (Wildman–Crippen MR) is 144 cm³/mol. The van der Waals surface area contributed by atoms with E-state index in [9.17, 15) is 5.26 Å². The number of nitriles is 1.